The van der Waals surface area contributed by atoms with Crippen molar-refractivity contribution in [3.05, 3.63) is 12.2 Å². The molecule has 0 aromatic rings. The fourth-order valence-electron chi connectivity index (χ4n) is 3.43. The lowest BCUT2D eigenvalue weighted by atomic mass is 10.0. The average Bonchev–Trinajstić information content (AvgIpc) is 2.64. The standard InChI is InChI=1S/C24H46O3/c1-2-3-4-5-6-7-8-9-10-11-14-17-20-23(25)21-18-15-12-13-16-19-22-24(26)27/h14,17,23,25H,2-13,15-16,18-22H2,1H3,(H,26,27). The molecule has 0 aromatic heterocycles. The van der Waals surface area contributed by atoms with Crippen molar-refractivity contribution in [3.8, 4) is 0 Å². The van der Waals surface area contributed by atoms with Crippen LogP contribution < -0.4 is 0 Å². The molecular formula is C24H46O3. The minimum Gasteiger partial charge on any atom is -0.481 e. The monoisotopic (exact) mass is 382 g/mol. The summed E-state index contributed by atoms with van der Waals surface area (Å²) in [7, 11) is 0. The molecule has 2 N–H and O–H groups in total. The van der Waals surface area contributed by atoms with Crippen LogP contribution >= 0.6 is 0 Å². The summed E-state index contributed by atoms with van der Waals surface area (Å²) in [4.78, 5) is 10.4. The van der Waals surface area contributed by atoms with Crippen molar-refractivity contribution in [3.63, 3.8) is 0 Å². The summed E-state index contributed by atoms with van der Waals surface area (Å²) >= 11 is 0. The van der Waals surface area contributed by atoms with Crippen LogP contribution in [-0.4, -0.2) is 22.3 Å². The van der Waals surface area contributed by atoms with Gasteiger partial charge in [0.1, 0.15) is 0 Å². The maximum atomic E-state index is 10.4. The first-order valence-electron chi connectivity index (χ1n) is 11.7. The minimum atomic E-state index is -0.691. The molecule has 0 aliphatic carbocycles. The lowest BCUT2D eigenvalue weighted by Crippen LogP contribution is -2.04. The predicted octanol–water partition coefficient (Wildman–Crippen LogP) is 7.42. The number of rotatable bonds is 21. The lowest BCUT2D eigenvalue weighted by molar-refractivity contribution is -0.137. The molecule has 0 saturated carbocycles. The highest BCUT2D eigenvalue weighted by molar-refractivity contribution is 5.66. The average molecular weight is 383 g/mol. The minimum absolute atomic E-state index is 0.198. The van der Waals surface area contributed by atoms with E-state index in [0.29, 0.717) is 6.42 Å². The molecule has 0 fully saturated rings. The zero-order chi connectivity index (χ0) is 20.0. The van der Waals surface area contributed by atoms with E-state index >= 15 is 0 Å². The lowest BCUT2D eigenvalue weighted by Gasteiger charge is -2.07. The quantitative estimate of drug-likeness (QED) is 0.160. The Hall–Kier alpha value is -0.830. The number of aliphatic hydroxyl groups excluding tert-OH is 1. The SMILES string of the molecule is CCCCCCCCCCCC=CCC(O)CCCCCCCCC(=O)O. The summed E-state index contributed by atoms with van der Waals surface area (Å²) in [6, 6.07) is 0. The topological polar surface area (TPSA) is 57.5 Å². The van der Waals surface area contributed by atoms with E-state index in [2.05, 4.69) is 19.1 Å². The second kappa shape index (κ2) is 21.5. The molecular weight excluding hydrogens is 336 g/mol. The van der Waals surface area contributed by atoms with E-state index in [0.717, 1.165) is 57.8 Å². The van der Waals surface area contributed by atoms with Crippen LogP contribution in [0.25, 0.3) is 0 Å². The van der Waals surface area contributed by atoms with Crippen LogP contribution in [0.4, 0.5) is 0 Å². The number of aliphatic hydroxyl groups is 1. The van der Waals surface area contributed by atoms with Crippen molar-refractivity contribution < 1.29 is 15.0 Å². The number of hydrogen-bond donors (Lipinski definition) is 2. The molecule has 0 aliphatic heterocycles. The van der Waals surface area contributed by atoms with E-state index in [4.69, 9.17) is 5.11 Å². The highest BCUT2D eigenvalue weighted by atomic mass is 16.4. The Morgan fingerprint density at radius 1 is 0.741 bits per heavy atom. The van der Waals surface area contributed by atoms with Crippen LogP contribution in [0.3, 0.4) is 0 Å². The Morgan fingerprint density at radius 2 is 1.26 bits per heavy atom. The van der Waals surface area contributed by atoms with Crippen LogP contribution in [0.2, 0.25) is 0 Å². The van der Waals surface area contributed by atoms with Gasteiger partial charge >= 0.3 is 5.97 Å². The fraction of sp³-hybridized carbons (Fsp3) is 0.875. The van der Waals surface area contributed by atoms with Crippen molar-refractivity contribution in [1.82, 2.24) is 0 Å². The molecule has 1 atom stereocenters. The van der Waals surface area contributed by atoms with Gasteiger partial charge in [0.2, 0.25) is 0 Å². The molecule has 27 heavy (non-hydrogen) atoms. The van der Waals surface area contributed by atoms with Crippen molar-refractivity contribution in [1.29, 1.82) is 0 Å². The zero-order valence-electron chi connectivity index (χ0n) is 18.0. The van der Waals surface area contributed by atoms with Gasteiger partial charge in [0.15, 0.2) is 0 Å². The van der Waals surface area contributed by atoms with E-state index in [9.17, 15) is 9.90 Å². The van der Waals surface area contributed by atoms with Crippen LogP contribution in [0.1, 0.15) is 129 Å². The molecule has 0 rings (SSSR count). The Kier molecular flexibility index (Phi) is 20.8. The van der Waals surface area contributed by atoms with Crippen LogP contribution in [0, 0.1) is 0 Å². The highest BCUT2D eigenvalue weighted by Gasteiger charge is 2.01. The van der Waals surface area contributed by atoms with E-state index in [-0.39, 0.29) is 6.10 Å². The maximum absolute atomic E-state index is 10.4. The number of carboxylic acids is 1. The van der Waals surface area contributed by atoms with Gasteiger partial charge in [-0.3, -0.25) is 4.79 Å². The Labute approximate surface area is 168 Å². The summed E-state index contributed by atoms with van der Waals surface area (Å²) in [5.74, 6) is -0.691. The second-order valence-corrected chi connectivity index (χ2v) is 8.03. The van der Waals surface area contributed by atoms with E-state index in [1.54, 1.807) is 0 Å². The second-order valence-electron chi connectivity index (χ2n) is 8.03. The Morgan fingerprint density at radius 3 is 1.85 bits per heavy atom. The van der Waals surface area contributed by atoms with E-state index in [1.807, 2.05) is 0 Å². The number of unbranched alkanes of at least 4 members (excludes halogenated alkanes) is 14. The third-order valence-corrected chi connectivity index (χ3v) is 5.23. The van der Waals surface area contributed by atoms with Gasteiger partial charge < -0.3 is 10.2 Å². The molecule has 0 heterocycles. The van der Waals surface area contributed by atoms with Gasteiger partial charge in [0.25, 0.3) is 0 Å². The third kappa shape index (κ3) is 23.1. The largest absolute Gasteiger partial charge is 0.481 e. The van der Waals surface area contributed by atoms with E-state index in [1.165, 1.54) is 57.8 Å². The number of carboxylic acid groups (broad SMARTS) is 1. The molecule has 0 saturated heterocycles. The number of aliphatic carboxylic acids is 1. The molecule has 160 valence electrons. The number of carbonyl (C=O) groups is 1. The van der Waals surface area contributed by atoms with Crippen LogP contribution in [-0.2, 0) is 4.79 Å². The predicted molar refractivity (Wildman–Crippen MR) is 116 cm³/mol. The fourth-order valence-corrected chi connectivity index (χ4v) is 3.43. The molecule has 3 nitrogen and oxygen atoms in total. The molecule has 0 aromatic carbocycles. The number of hydrogen-bond acceptors (Lipinski definition) is 2. The van der Waals surface area contributed by atoms with Gasteiger partial charge in [-0.25, -0.2) is 0 Å². The Balaban J connectivity index is 3.25. The molecule has 3 heteroatoms. The van der Waals surface area contributed by atoms with Gasteiger partial charge in [-0.2, -0.15) is 0 Å². The van der Waals surface area contributed by atoms with Gasteiger partial charge in [-0.15, -0.1) is 0 Å². The first kappa shape index (κ1) is 26.2. The molecule has 0 bridgehead atoms. The summed E-state index contributed by atoms with van der Waals surface area (Å²) in [5.41, 5.74) is 0. The molecule has 0 spiro atoms. The van der Waals surface area contributed by atoms with Crippen molar-refractivity contribution in [2.24, 2.45) is 0 Å². The van der Waals surface area contributed by atoms with E-state index < -0.39 is 5.97 Å². The molecule has 0 radical (unpaired) electrons. The summed E-state index contributed by atoms with van der Waals surface area (Å²) in [5, 5.41) is 18.6. The third-order valence-electron chi connectivity index (χ3n) is 5.23. The normalized spacial score (nSPS) is 12.7. The summed E-state index contributed by atoms with van der Waals surface area (Å²) in [6.07, 6.45) is 26.0. The van der Waals surface area contributed by atoms with Crippen molar-refractivity contribution in [2.45, 2.75) is 135 Å². The number of allylic oxidation sites excluding steroid dienone is 1. The van der Waals surface area contributed by atoms with Gasteiger partial charge in [-0.05, 0) is 32.1 Å². The summed E-state index contributed by atoms with van der Waals surface area (Å²) in [6.45, 7) is 2.27. The Bertz CT molecular complexity index is 339. The van der Waals surface area contributed by atoms with Crippen molar-refractivity contribution >= 4 is 5.97 Å². The maximum Gasteiger partial charge on any atom is 0.303 e. The van der Waals surface area contributed by atoms with Gasteiger partial charge in [0.05, 0.1) is 6.10 Å². The van der Waals surface area contributed by atoms with Gasteiger partial charge in [-0.1, -0.05) is 103 Å². The first-order valence-corrected chi connectivity index (χ1v) is 11.7. The molecule has 0 amide bonds. The van der Waals surface area contributed by atoms with Crippen LogP contribution in [0.15, 0.2) is 12.2 Å². The zero-order valence-corrected chi connectivity index (χ0v) is 18.0. The molecule has 0 aliphatic rings. The first-order chi connectivity index (χ1) is 13.2. The molecule has 1 unspecified atom stereocenters. The van der Waals surface area contributed by atoms with Gasteiger partial charge in [0, 0.05) is 6.42 Å². The van der Waals surface area contributed by atoms with Crippen LogP contribution in [0.5, 0.6) is 0 Å². The summed E-state index contributed by atoms with van der Waals surface area (Å²) < 4.78 is 0. The highest BCUT2D eigenvalue weighted by Crippen LogP contribution is 2.13. The van der Waals surface area contributed by atoms with Crippen molar-refractivity contribution in [2.75, 3.05) is 0 Å². The smallest absolute Gasteiger partial charge is 0.303 e.